The largest absolute Gasteiger partial charge is 0.360 e. The third-order valence-electron chi connectivity index (χ3n) is 3.50. The Balaban J connectivity index is 2.05. The first-order chi connectivity index (χ1) is 9.59. The molecule has 0 heterocycles. The smallest absolute Gasteiger partial charge is 0.0439 e. The molecule has 0 fully saturated rings. The van der Waals surface area contributed by atoms with Crippen LogP contribution in [-0.4, -0.2) is 0 Å². The Kier molecular flexibility index (Phi) is 4.46. The molecule has 104 valence electrons. The lowest BCUT2D eigenvalue weighted by Gasteiger charge is -2.11. The van der Waals surface area contributed by atoms with Crippen LogP contribution in [0.4, 0.5) is 11.4 Å². The number of hydrogen-bond donors (Lipinski definition) is 2. The van der Waals surface area contributed by atoms with Gasteiger partial charge in [-0.25, -0.2) is 0 Å². The molecule has 0 aromatic heterocycles. The van der Waals surface area contributed by atoms with E-state index in [0.29, 0.717) is 0 Å². The molecule has 0 unspecified atom stereocenters. The molecule has 0 saturated carbocycles. The minimum absolute atomic E-state index is 1.17. The van der Waals surface area contributed by atoms with Gasteiger partial charge in [-0.2, -0.15) is 0 Å². The van der Waals surface area contributed by atoms with Crippen molar-refractivity contribution in [2.75, 3.05) is 10.6 Å². The Morgan fingerprint density at radius 2 is 0.900 bits per heavy atom. The monoisotopic (exact) mass is 266 g/mol. The van der Waals surface area contributed by atoms with Gasteiger partial charge in [-0.1, -0.05) is 36.4 Å². The molecule has 2 nitrogen and oxygen atoms in total. The third kappa shape index (κ3) is 3.21. The van der Waals surface area contributed by atoms with Gasteiger partial charge < -0.3 is 10.6 Å². The Hall–Kier alpha value is -2.22. The van der Waals surface area contributed by atoms with Crippen LogP contribution in [0.25, 0.3) is 0 Å². The van der Waals surface area contributed by atoms with Gasteiger partial charge >= 0.3 is 0 Å². The van der Waals surface area contributed by atoms with Crippen molar-refractivity contribution in [1.82, 2.24) is 0 Å². The molecule has 2 aromatic carbocycles. The van der Waals surface area contributed by atoms with Gasteiger partial charge in [-0.05, 0) is 49.9 Å². The van der Waals surface area contributed by atoms with Crippen LogP contribution in [-0.2, 0) is 0 Å². The Bertz CT molecular complexity index is 531. The molecule has 0 bridgehead atoms. The normalized spacial score (nSPS) is 10.8. The van der Waals surface area contributed by atoms with Gasteiger partial charge in [0.05, 0.1) is 0 Å². The number of rotatable bonds is 4. The number of para-hydroxylation sites is 2. The van der Waals surface area contributed by atoms with Crippen LogP contribution >= 0.6 is 0 Å². The predicted molar refractivity (Wildman–Crippen MR) is 88.2 cm³/mol. The fourth-order valence-corrected chi connectivity index (χ4v) is 2.33. The minimum Gasteiger partial charge on any atom is -0.360 e. The Morgan fingerprint density at radius 1 is 0.600 bits per heavy atom. The Labute approximate surface area is 121 Å². The average Bonchev–Trinajstić information content (AvgIpc) is 2.40. The first-order valence-electron chi connectivity index (χ1n) is 6.90. The van der Waals surface area contributed by atoms with Crippen molar-refractivity contribution in [3.05, 3.63) is 71.1 Å². The van der Waals surface area contributed by atoms with Gasteiger partial charge in [0.2, 0.25) is 0 Å². The second-order valence-electron chi connectivity index (χ2n) is 5.16. The van der Waals surface area contributed by atoms with Gasteiger partial charge in [-0.15, -0.1) is 0 Å². The van der Waals surface area contributed by atoms with Crippen LogP contribution in [0, 0.1) is 27.7 Å². The molecule has 0 saturated heterocycles. The summed E-state index contributed by atoms with van der Waals surface area (Å²) in [5.41, 5.74) is 7.35. The van der Waals surface area contributed by atoms with Crippen LogP contribution in [0.2, 0.25) is 0 Å². The maximum absolute atomic E-state index is 3.35. The summed E-state index contributed by atoms with van der Waals surface area (Å²) in [7, 11) is 0. The SMILES string of the molecule is Cc1cccc(C)c1N/C=C/Nc1c(C)cccc1C. The van der Waals surface area contributed by atoms with Crippen molar-refractivity contribution < 1.29 is 0 Å². The highest BCUT2D eigenvalue weighted by molar-refractivity contribution is 5.60. The number of benzene rings is 2. The predicted octanol–water partition coefficient (Wildman–Crippen LogP) is 4.92. The zero-order valence-corrected chi connectivity index (χ0v) is 12.6. The van der Waals surface area contributed by atoms with Crippen molar-refractivity contribution in [2.24, 2.45) is 0 Å². The summed E-state index contributed by atoms with van der Waals surface area (Å²) in [6.07, 6.45) is 3.89. The second kappa shape index (κ2) is 6.29. The molecule has 2 rings (SSSR count). The van der Waals surface area contributed by atoms with E-state index in [2.05, 4.69) is 74.7 Å². The summed E-state index contributed by atoms with van der Waals surface area (Å²) >= 11 is 0. The van der Waals surface area contributed by atoms with E-state index in [1.54, 1.807) is 0 Å². The zero-order valence-electron chi connectivity index (χ0n) is 12.6. The topological polar surface area (TPSA) is 24.1 Å². The highest BCUT2D eigenvalue weighted by atomic mass is 14.9. The summed E-state index contributed by atoms with van der Waals surface area (Å²) in [4.78, 5) is 0. The van der Waals surface area contributed by atoms with E-state index in [1.807, 2.05) is 12.4 Å². The van der Waals surface area contributed by atoms with E-state index in [1.165, 1.54) is 33.6 Å². The van der Waals surface area contributed by atoms with Crippen LogP contribution < -0.4 is 10.6 Å². The van der Waals surface area contributed by atoms with Crippen molar-refractivity contribution in [1.29, 1.82) is 0 Å². The molecular weight excluding hydrogens is 244 g/mol. The van der Waals surface area contributed by atoms with Crippen molar-refractivity contribution in [3.63, 3.8) is 0 Å². The van der Waals surface area contributed by atoms with Crippen LogP contribution in [0.15, 0.2) is 48.8 Å². The Morgan fingerprint density at radius 3 is 1.20 bits per heavy atom. The van der Waals surface area contributed by atoms with E-state index in [9.17, 15) is 0 Å². The van der Waals surface area contributed by atoms with Crippen molar-refractivity contribution >= 4 is 11.4 Å². The minimum atomic E-state index is 1.17. The van der Waals surface area contributed by atoms with Gasteiger partial charge in [0.15, 0.2) is 0 Å². The van der Waals surface area contributed by atoms with E-state index >= 15 is 0 Å². The first kappa shape index (κ1) is 14.2. The molecule has 2 heteroatoms. The van der Waals surface area contributed by atoms with E-state index in [-0.39, 0.29) is 0 Å². The molecule has 0 aliphatic rings. The molecule has 2 aromatic rings. The summed E-state index contributed by atoms with van der Waals surface area (Å²) in [5, 5.41) is 6.69. The zero-order chi connectivity index (χ0) is 14.5. The lowest BCUT2D eigenvalue weighted by molar-refractivity contribution is 1.34. The maximum atomic E-state index is 3.35. The van der Waals surface area contributed by atoms with E-state index in [0.717, 1.165) is 0 Å². The molecule has 0 spiro atoms. The van der Waals surface area contributed by atoms with Crippen LogP contribution in [0.3, 0.4) is 0 Å². The van der Waals surface area contributed by atoms with Crippen LogP contribution in [0.5, 0.6) is 0 Å². The molecule has 0 atom stereocenters. The van der Waals surface area contributed by atoms with Gasteiger partial charge in [0.1, 0.15) is 0 Å². The molecule has 0 aliphatic heterocycles. The molecular formula is C18H22N2. The molecule has 0 aliphatic carbocycles. The van der Waals surface area contributed by atoms with Gasteiger partial charge in [-0.3, -0.25) is 0 Å². The van der Waals surface area contributed by atoms with Gasteiger partial charge in [0.25, 0.3) is 0 Å². The second-order valence-corrected chi connectivity index (χ2v) is 5.16. The van der Waals surface area contributed by atoms with Crippen LogP contribution in [0.1, 0.15) is 22.3 Å². The highest BCUT2D eigenvalue weighted by Gasteiger charge is 2.00. The number of anilines is 2. The number of hydrogen-bond acceptors (Lipinski definition) is 2. The fourth-order valence-electron chi connectivity index (χ4n) is 2.33. The summed E-state index contributed by atoms with van der Waals surface area (Å²) in [6.45, 7) is 8.45. The van der Waals surface area contributed by atoms with Gasteiger partial charge in [0, 0.05) is 23.8 Å². The molecule has 0 radical (unpaired) electrons. The molecule has 2 N–H and O–H groups in total. The molecule has 20 heavy (non-hydrogen) atoms. The quantitative estimate of drug-likeness (QED) is 0.821. The number of nitrogens with one attached hydrogen (secondary N) is 2. The maximum Gasteiger partial charge on any atom is 0.0439 e. The van der Waals surface area contributed by atoms with Crippen molar-refractivity contribution in [2.45, 2.75) is 27.7 Å². The van der Waals surface area contributed by atoms with E-state index in [4.69, 9.17) is 0 Å². The lowest BCUT2D eigenvalue weighted by Crippen LogP contribution is -1.98. The first-order valence-corrected chi connectivity index (χ1v) is 6.90. The fraction of sp³-hybridized carbons (Fsp3) is 0.222. The molecule has 0 amide bonds. The number of aryl methyl sites for hydroxylation is 4. The highest BCUT2D eigenvalue weighted by Crippen LogP contribution is 2.20. The average molecular weight is 266 g/mol. The summed E-state index contributed by atoms with van der Waals surface area (Å²) < 4.78 is 0. The lowest BCUT2D eigenvalue weighted by atomic mass is 10.1. The van der Waals surface area contributed by atoms with E-state index < -0.39 is 0 Å². The standard InChI is InChI=1S/C18H22N2/c1-13-7-5-8-14(2)17(13)19-11-12-20-18-15(3)9-6-10-16(18)4/h5-12,19-20H,1-4H3/b12-11+. The third-order valence-corrected chi connectivity index (χ3v) is 3.50. The van der Waals surface area contributed by atoms with Crippen molar-refractivity contribution in [3.8, 4) is 0 Å². The summed E-state index contributed by atoms with van der Waals surface area (Å²) in [5.74, 6) is 0. The summed E-state index contributed by atoms with van der Waals surface area (Å²) in [6, 6.07) is 12.6.